The molecule has 0 aliphatic carbocycles. The van der Waals surface area contributed by atoms with Crippen LogP contribution in [0.4, 0.5) is 0 Å². The van der Waals surface area contributed by atoms with Crippen LogP contribution in [0.5, 0.6) is 5.75 Å². The van der Waals surface area contributed by atoms with Crippen LogP contribution < -0.4 is 10.5 Å². The number of hydrogen-bond acceptors (Lipinski definition) is 5. The third-order valence-electron chi connectivity index (χ3n) is 6.20. The van der Waals surface area contributed by atoms with E-state index in [1.54, 1.807) is 5.01 Å². The van der Waals surface area contributed by atoms with E-state index in [2.05, 4.69) is 4.90 Å². The van der Waals surface area contributed by atoms with Crippen molar-refractivity contribution in [3.8, 4) is 5.75 Å². The summed E-state index contributed by atoms with van der Waals surface area (Å²) in [6.45, 7) is 4.23. The number of carbonyl (C=O) groups excluding carboxylic acids is 2. The lowest BCUT2D eigenvalue weighted by Crippen LogP contribution is -2.43. The summed E-state index contributed by atoms with van der Waals surface area (Å²) in [5, 5.41) is 6.39. The van der Waals surface area contributed by atoms with E-state index in [0.717, 1.165) is 22.6 Å². The van der Waals surface area contributed by atoms with E-state index in [-0.39, 0.29) is 30.3 Å². The molecular weight excluding hydrogens is 404 g/mol. The van der Waals surface area contributed by atoms with Crippen molar-refractivity contribution in [2.45, 2.75) is 32.2 Å². The number of hydrazone groups is 1. The number of benzene rings is 2. The Bertz CT molecular complexity index is 966. The molecule has 7 nitrogen and oxygen atoms in total. The predicted octanol–water partition coefficient (Wildman–Crippen LogP) is 2.96. The van der Waals surface area contributed by atoms with Gasteiger partial charge in [0.1, 0.15) is 5.75 Å². The maximum atomic E-state index is 13.3. The van der Waals surface area contributed by atoms with Gasteiger partial charge in [0.2, 0.25) is 5.91 Å². The number of piperidine rings is 1. The standard InChI is InChI=1S/C25H30N4O3/c1-2-32-21-10-8-19(9-11-21)23-16-22(18-6-4-3-5-7-18)27-29(23)24(30)17-28-14-12-20(13-15-28)25(26)31/h3-11,20,23H,2,12-17H2,1H3,(H2,26,31). The molecule has 32 heavy (non-hydrogen) atoms. The van der Waals surface area contributed by atoms with Gasteiger partial charge in [0.25, 0.3) is 5.91 Å². The van der Waals surface area contributed by atoms with Gasteiger partial charge >= 0.3 is 0 Å². The topological polar surface area (TPSA) is 88.2 Å². The van der Waals surface area contributed by atoms with Crippen LogP contribution in [-0.4, -0.2) is 53.7 Å². The Hall–Kier alpha value is -3.19. The number of likely N-dealkylation sites (tertiary alicyclic amines) is 1. The molecule has 1 fully saturated rings. The van der Waals surface area contributed by atoms with Gasteiger partial charge in [-0.3, -0.25) is 14.5 Å². The number of nitrogens with zero attached hydrogens (tertiary/aromatic N) is 3. The van der Waals surface area contributed by atoms with Gasteiger partial charge in [0.15, 0.2) is 0 Å². The molecule has 1 saturated heterocycles. The lowest BCUT2D eigenvalue weighted by atomic mass is 9.96. The second-order valence-electron chi connectivity index (χ2n) is 8.33. The largest absolute Gasteiger partial charge is 0.494 e. The number of primary amides is 1. The minimum atomic E-state index is -0.247. The fraction of sp³-hybridized carbons (Fsp3) is 0.400. The third kappa shape index (κ3) is 4.99. The molecule has 2 aromatic rings. The van der Waals surface area contributed by atoms with Crippen LogP contribution in [0, 0.1) is 5.92 Å². The highest BCUT2D eigenvalue weighted by Crippen LogP contribution is 2.34. The number of ether oxygens (including phenoxy) is 1. The van der Waals surface area contributed by atoms with E-state index >= 15 is 0 Å². The fourth-order valence-corrected chi connectivity index (χ4v) is 4.40. The summed E-state index contributed by atoms with van der Waals surface area (Å²) < 4.78 is 5.57. The van der Waals surface area contributed by atoms with Crippen molar-refractivity contribution in [3.05, 3.63) is 65.7 Å². The van der Waals surface area contributed by atoms with E-state index in [1.165, 1.54) is 0 Å². The number of hydrogen-bond donors (Lipinski definition) is 1. The summed E-state index contributed by atoms with van der Waals surface area (Å²) in [6.07, 6.45) is 2.06. The first kappa shape index (κ1) is 22.0. The van der Waals surface area contributed by atoms with Gasteiger partial charge in [-0.05, 0) is 56.1 Å². The molecule has 7 heteroatoms. The van der Waals surface area contributed by atoms with E-state index in [1.807, 2.05) is 61.5 Å². The van der Waals surface area contributed by atoms with Gasteiger partial charge in [-0.25, -0.2) is 5.01 Å². The van der Waals surface area contributed by atoms with Gasteiger partial charge in [-0.1, -0.05) is 42.5 Å². The highest BCUT2D eigenvalue weighted by Gasteiger charge is 2.34. The van der Waals surface area contributed by atoms with Crippen molar-refractivity contribution in [2.24, 2.45) is 16.8 Å². The molecular formula is C25H30N4O3. The van der Waals surface area contributed by atoms with E-state index in [9.17, 15) is 9.59 Å². The normalized spacial score (nSPS) is 19.6. The summed E-state index contributed by atoms with van der Waals surface area (Å²) in [4.78, 5) is 26.8. The molecule has 2 amide bonds. The van der Waals surface area contributed by atoms with Gasteiger partial charge in [0.05, 0.1) is 24.9 Å². The van der Waals surface area contributed by atoms with Crippen LogP contribution >= 0.6 is 0 Å². The Morgan fingerprint density at radius 2 is 1.75 bits per heavy atom. The maximum Gasteiger partial charge on any atom is 0.257 e. The summed E-state index contributed by atoms with van der Waals surface area (Å²) in [5.74, 6) is 0.441. The Morgan fingerprint density at radius 1 is 1.06 bits per heavy atom. The molecule has 2 N–H and O–H groups in total. The molecule has 0 aromatic heterocycles. The third-order valence-corrected chi connectivity index (χ3v) is 6.20. The van der Waals surface area contributed by atoms with Crippen LogP contribution in [0.1, 0.15) is 43.4 Å². The van der Waals surface area contributed by atoms with Crippen LogP contribution in [0.15, 0.2) is 59.7 Å². The van der Waals surface area contributed by atoms with Crippen molar-refractivity contribution in [3.63, 3.8) is 0 Å². The average molecular weight is 435 g/mol. The Morgan fingerprint density at radius 3 is 2.38 bits per heavy atom. The molecule has 1 atom stereocenters. The molecule has 0 radical (unpaired) electrons. The molecule has 2 aliphatic heterocycles. The summed E-state index contributed by atoms with van der Waals surface area (Å²) in [6, 6.07) is 17.7. The molecule has 0 bridgehead atoms. The summed E-state index contributed by atoms with van der Waals surface area (Å²) in [7, 11) is 0. The quantitative estimate of drug-likeness (QED) is 0.726. The molecule has 168 valence electrons. The first-order chi connectivity index (χ1) is 15.5. The fourth-order valence-electron chi connectivity index (χ4n) is 4.40. The minimum Gasteiger partial charge on any atom is -0.494 e. The SMILES string of the molecule is CCOc1ccc(C2CC(c3ccccc3)=NN2C(=O)CN2CCC(C(N)=O)CC2)cc1. The van der Waals surface area contributed by atoms with Crippen molar-refractivity contribution < 1.29 is 14.3 Å². The zero-order valence-corrected chi connectivity index (χ0v) is 18.4. The molecule has 2 aromatic carbocycles. The molecule has 2 aliphatic rings. The zero-order valence-electron chi connectivity index (χ0n) is 18.4. The van der Waals surface area contributed by atoms with Crippen molar-refractivity contribution in [2.75, 3.05) is 26.2 Å². The minimum absolute atomic E-state index is 0.0349. The second-order valence-corrected chi connectivity index (χ2v) is 8.33. The first-order valence-corrected chi connectivity index (χ1v) is 11.2. The highest BCUT2D eigenvalue weighted by atomic mass is 16.5. The zero-order chi connectivity index (χ0) is 22.5. The summed E-state index contributed by atoms with van der Waals surface area (Å²) >= 11 is 0. The van der Waals surface area contributed by atoms with Crippen LogP contribution in [0.2, 0.25) is 0 Å². The summed E-state index contributed by atoms with van der Waals surface area (Å²) in [5.41, 5.74) is 8.40. The van der Waals surface area contributed by atoms with Crippen LogP contribution in [0.3, 0.4) is 0 Å². The highest BCUT2D eigenvalue weighted by molar-refractivity contribution is 6.03. The lowest BCUT2D eigenvalue weighted by Gasteiger charge is -2.31. The average Bonchev–Trinajstić information content (AvgIpc) is 3.26. The van der Waals surface area contributed by atoms with Gasteiger partial charge < -0.3 is 10.5 Å². The van der Waals surface area contributed by atoms with Gasteiger partial charge in [-0.2, -0.15) is 5.10 Å². The second kappa shape index (κ2) is 9.96. The monoisotopic (exact) mass is 434 g/mol. The molecule has 0 spiro atoms. The number of nitrogens with two attached hydrogens (primary N) is 1. The number of amides is 2. The lowest BCUT2D eigenvalue weighted by molar-refractivity contribution is -0.134. The Balaban J connectivity index is 1.51. The molecule has 0 saturated carbocycles. The van der Waals surface area contributed by atoms with Crippen molar-refractivity contribution in [1.82, 2.24) is 9.91 Å². The molecule has 2 heterocycles. The van der Waals surface area contributed by atoms with Crippen LogP contribution in [-0.2, 0) is 9.59 Å². The Kier molecular flexibility index (Phi) is 6.85. The molecule has 4 rings (SSSR count). The van der Waals surface area contributed by atoms with Crippen LogP contribution in [0.25, 0.3) is 0 Å². The number of carbonyl (C=O) groups is 2. The van der Waals surface area contributed by atoms with E-state index < -0.39 is 0 Å². The van der Waals surface area contributed by atoms with Gasteiger partial charge in [-0.15, -0.1) is 0 Å². The molecule has 1 unspecified atom stereocenters. The predicted molar refractivity (Wildman–Crippen MR) is 123 cm³/mol. The van der Waals surface area contributed by atoms with E-state index in [4.69, 9.17) is 15.6 Å². The maximum absolute atomic E-state index is 13.3. The number of rotatable bonds is 7. The van der Waals surface area contributed by atoms with Crippen molar-refractivity contribution >= 4 is 17.5 Å². The van der Waals surface area contributed by atoms with E-state index in [0.29, 0.717) is 39.0 Å². The Labute approximate surface area is 188 Å². The van der Waals surface area contributed by atoms with Gasteiger partial charge in [0, 0.05) is 12.3 Å². The van der Waals surface area contributed by atoms with Crippen molar-refractivity contribution in [1.29, 1.82) is 0 Å². The first-order valence-electron chi connectivity index (χ1n) is 11.2. The smallest absolute Gasteiger partial charge is 0.257 e.